The van der Waals surface area contributed by atoms with E-state index >= 15 is 0 Å². The van der Waals surface area contributed by atoms with Crippen LogP contribution in [0, 0.1) is 11.8 Å². The Kier molecular flexibility index (Phi) is 3.06. The molecule has 0 amide bonds. The minimum absolute atomic E-state index is 0. The topological polar surface area (TPSA) is 57.2 Å². The largest absolute Gasteiger partial charge is 1.00 e. The molecule has 2 rings (SSSR count). The maximum Gasteiger partial charge on any atom is 1.00 e. The van der Waals surface area contributed by atoms with E-state index in [1.807, 2.05) is 12.2 Å². The normalized spacial score (nSPS) is 38.2. The van der Waals surface area contributed by atoms with Gasteiger partial charge < -0.3 is 4.55 Å². The molecular formula is C7H9NaO3S. The third-order valence-electron chi connectivity index (χ3n) is 2.59. The van der Waals surface area contributed by atoms with Gasteiger partial charge in [-0.15, -0.1) is 0 Å². The molecule has 0 heterocycles. The second-order valence-electron chi connectivity index (χ2n) is 3.31. The summed E-state index contributed by atoms with van der Waals surface area (Å²) in [6.45, 7) is 0. The first-order chi connectivity index (χ1) is 5.07. The van der Waals surface area contributed by atoms with Crippen LogP contribution in [0.25, 0.3) is 0 Å². The molecule has 3 nitrogen and oxygen atoms in total. The van der Waals surface area contributed by atoms with Crippen molar-refractivity contribution in [2.24, 2.45) is 11.8 Å². The Balaban J connectivity index is 0.000000720. The molecule has 0 aromatic heterocycles. The number of hydrogen-bond acceptors (Lipinski definition) is 3. The van der Waals surface area contributed by atoms with E-state index in [9.17, 15) is 13.0 Å². The third kappa shape index (κ3) is 1.77. The summed E-state index contributed by atoms with van der Waals surface area (Å²) >= 11 is 0. The van der Waals surface area contributed by atoms with Crippen LogP contribution in [-0.2, 0) is 10.1 Å². The molecule has 62 valence electrons. The van der Waals surface area contributed by atoms with E-state index < -0.39 is 15.4 Å². The number of fused-ring (bicyclic) bond motifs is 2. The molecule has 3 unspecified atom stereocenters. The van der Waals surface area contributed by atoms with Crippen LogP contribution < -0.4 is 29.6 Å². The zero-order valence-electron chi connectivity index (χ0n) is 6.93. The van der Waals surface area contributed by atoms with E-state index in [-0.39, 0.29) is 35.5 Å². The maximum atomic E-state index is 10.6. The molecule has 3 atom stereocenters. The van der Waals surface area contributed by atoms with E-state index in [1.54, 1.807) is 0 Å². The predicted octanol–water partition coefficient (Wildman–Crippen LogP) is -2.50. The summed E-state index contributed by atoms with van der Waals surface area (Å²) in [6, 6.07) is 0. The van der Waals surface area contributed by atoms with E-state index in [2.05, 4.69) is 0 Å². The summed E-state index contributed by atoms with van der Waals surface area (Å²) in [4.78, 5) is 0. The fourth-order valence-corrected chi connectivity index (χ4v) is 3.18. The summed E-state index contributed by atoms with van der Waals surface area (Å²) in [5.41, 5.74) is 0. The van der Waals surface area contributed by atoms with E-state index in [4.69, 9.17) is 0 Å². The minimum Gasteiger partial charge on any atom is -0.748 e. The quantitative estimate of drug-likeness (QED) is 0.265. The Morgan fingerprint density at radius 2 is 1.92 bits per heavy atom. The number of rotatable bonds is 1. The van der Waals surface area contributed by atoms with Crippen LogP contribution in [0.15, 0.2) is 12.2 Å². The van der Waals surface area contributed by atoms with Crippen molar-refractivity contribution in [3.8, 4) is 0 Å². The van der Waals surface area contributed by atoms with Crippen molar-refractivity contribution in [3.63, 3.8) is 0 Å². The molecule has 0 spiro atoms. The first kappa shape index (κ1) is 10.7. The minimum atomic E-state index is -4.03. The number of allylic oxidation sites excluding steroid dienone is 2. The van der Waals surface area contributed by atoms with Gasteiger partial charge >= 0.3 is 29.6 Å². The first-order valence-corrected chi connectivity index (χ1v) is 5.17. The van der Waals surface area contributed by atoms with Gasteiger partial charge in [0.2, 0.25) is 0 Å². The van der Waals surface area contributed by atoms with Gasteiger partial charge in [0.15, 0.2) is 0 Å². The molecule has 0 radical (unpaired) electrons. The summed E-state index contributed by atoms with van der Waals surface area (Å²) in [5, 5.41) is -0.627. The second-order valence-corrected chi connectivity index (χ2v) is 4.90. The van der Waals surface area contributed by atoms with Crippen LogP contribution in [0.2, 0.25) is 0 Å². The van der Waals surface area contributed by atoms with Gasteiger partial charge in [0, 0.05) is 0 Å². The van der Waals surface area contributed by atoms with Crippen molar-refractivity contribution in [1.82, 2.24) is 0 Å². The fraction of sp³-hybridized carbons (Fsp3) is 0.714. The van der Waals surface area contributed by atoms with Gasteiger partial charge in [0.05, 0.1) is 15.4 Å². The molecule has 1 saturated carbocycles. The van der Waals surface area contributed by atoms with E-state index in [0.29, 0.717) is 12.3 Å². The van der Waals surface area contributed by atoms with Crippen LogP contribution >= 0.6 is 0 Å². The van der Waals surface area contributed by atoms with Crippen LogP contribution in [0.1, 0.15) is 12.8 Å². The van der Waals surface area contributed by atoms with E-state index in [1.165, 1.54) is 0 Å². The van der Waals surface area contributed by atoms with Crippen molar-refractivity contribution in [2.45, 2.75) is 18.1 Å². The smallest absolute Gasteiger partial charge is 0.748 e. The number of hydrogen-bond donors (Lipinski definition) is 0. The average Bonchev–Trinajstić information content (AvgIpc) is 2.42. The van der Waals surface area contributed by atoms with Gasteiger partial charge in [-0.1, -0.05) is 12.2 Å². The van der Waals surface area contributed by atoms with Crippen molar-refractivity contribution in [1.29, 1.82) is 0 Å². The Hall–Kier alpha value is 0.650. The molecule has 2 bridgehead atoms. The standard InChI is InChI=1S/C7H10O3S.Na/c8-11(9,10)7-4-5-1-2-6(7)3-5;/h1-2,5-7H,3-4H2,(H,8,9,10);/q;+1/p-1. The van der Waals surface area contributed by atoms with E-state index in [0.717, 1.165) is 6.42 Å². The molecule has 1 fully saturated rings. The van der Waals surface area contributed by atoms with Crippen molar-refractivity contribution in [2.75, 3.05) is 0 Å². The molecule has 12 heavy (non-hydrogen) atoms. The summed E-state index contributed by atoms with van der Waals surface area (Å²) in [6.07, 6.45) is 5.31. The molecule has 0 aromatic rings. The Labute approximate surface area is 94.3 Å². The maximum absolute atomic E-state index is 10.6. The molecule has 5 heteroatoms. The van der Waals surface area contributed by atoms with Gasteiger partial charge in [-0.2, -0.15) is 0 Å². The van der Waals surface area contributed by atoms with Gasteiger partial charge in [-0.05, 0) is 24.7 Å². The fourth-order valence-electron chi connectivity index (χ4n) is 2.06. The summed E-state index contributed by atoms with van der Waals surface area (Å²) in [5.74, 6) is 0.372. The predicted molar refractivity (Wildman–Crippen MR) is 38.8 cm³/mol. The van der Waals surface area contributed by atoms with Crippen molar-refractivity contribution < 1.29 is 42.5 Å². The van der Waals surface area contributed by atoms with Crippen LogP contribution in [0.5, 0.6) is 0 Å². The summed E-state index contributed by atoms with van der Waals surface area (Å²) < 4.78 is 31.9. The molecule has 2 aliphatic carbocycles. The van der Waals surface area contributed by atoms with Gasteiger partial charge in [-0.3, -0.25) is 0 Å². The van der Waals surface area contributed by atoms with Crippen LogP contribution in [0.3, 0.4) is 0 Å². The summed E-state index contributed by atoms with van der Waals surface area (Å²) in [7, 11) is -4.03. The van der Waals surface area contributed by atoms with Gasteiger partial charge in [-0.25, -0.2) is 8.42 Å². The molecule has 0 N–H and O–H groups in total. The molecule has 0 aromatic carbocycles. The first-order valence-electron chi connectivity index (χ1n) is 3.70. The molecule has 0 aliphatic heterocycles. The van der Waals surface area contributed by atoms with Crippen LogP contribution in [0.4, 0.5) is 0 Å². The van der Waals surface area contributed by atoms with Crippen molar-refractivity contribution >= 4 is 10.1 Å². The molecule has 0 saturated heterocycles. The SMILES string of the molecule is O=S(=O)([O-])C1CC2C=CC1C2.[Na+]. The van der Waals surface area contributed by atoms with Crippen LogP contribution in [-0.4, -0.2) is 18.2 Å². The Morgan fingerprint density at radius 1 is 1.25 bits per heavy atom. The van der Waals surface area contributed by atoms with Gasteiger partial charge in [0.1, 0.15) is 0 Å². The average molecular weight is 196 g/mol. The Bertz CT molecular complexity index is 296. The molecular weight excluding hydrogens is 187 g/mol. The monoisotopic (exact) mass is 196 g/mol. The van der Waals surface area contributed by atoms with Gasteiger partial charge in [0.25, 0.3) is 0 Å². The Morgan fingerprint density at radius 3 is 2.17 bits per heavy atom. The second kappa shape index (κ2) is 3.42. The third-order valence-corrected chi connectivity index (χ3v) is 3.87. The zero-order valence-corrected chi connectivity index (χ0v) is 9.75. The van der Waals surface area contributed by atoms with Crippen molar-refractivity contribution in [3.05, 3.63) is 12.2 Å². The zero-order chi connectivity index (χ0) is 8.06. The molecule has 2 aliphatic rings.